The molecule has 0 heterocycles. The minimum absolute atomic E-state index is 1.07. The molecule has 0 aromatic carbocycles. The van der Waals surface area contributed by atoms with Crippen molar-refractivity contribution in [3.8, 4) is 0 Å². The maximum absolute atomic E-state index is 2.59. The van der Waals surface area contributed by atoms with Gasteiger partial charge < -0.3 is 0 Å². The van der Waals surface area contributed by atoms with Crippen LogP contribution < -0.4 is 0 Å². The Labute approximate surface area is 112 Å². The molecular formula is C18H28. The third-order valence-corrected chi connectivity index (χ3v) is 8.42. The number of fused-ring (bicyclic) bond motifs is 11. The third-order valence-electron chi connectivity index (χ3n) is 8.42. The van der Waals surface area contributed by atoms with Crippen molar-refractivity contribution in [2.24, 2.45) is 59.2 Å². The van der Waals surface area contributed by atoms with E-state index < -0.39 is 0 Å². The van der Waals surface area contributed by atoms with Crippen LogP contribution in [0.25, 0.3) is 0 Å². The van der Waals surface area contributed by atoms with E-state index in [0.717, 1.165) is 11.8 Å². The highest BCUT2D eigenvalue weighted by atomic mass is 14.8. The topological polar surface area (TPSA) is 0 Å². The minimum Gasteiger partial charge on any atom is -0.0651 e. The van der Waals surface area contributed by atoms with E-state index in [9.17, 15) is 0 Å². The lowest BCUT2D eigenvalue weighted by Gasteiger charge is -2.56. The van der Waals surface area contributed by atoms with Gasteiger partial charge in [0, 0.05) is 0 Å². The monoisotopic (exact) mass is 244 g/mol. The fourth-order valence-electron chi connectivity index (χ4n) is 8.33. The fourth-order valence-corrected chi connectivity index (χ4v) is 8.33. The molecule has 10 unspecified atom stereocenters. The first-order valence-electron chi connectivity index (χ1n) is 8.81. The Hall–Kier alpha value is 0. The van der Waals surface area contributed by atoms with Gasteiger partial charge >= 0.3 is 0 Å². The smallest absolute Gasteiger partial charge is 0.0318 e. The second-order valence-corrected chi connectivity index (χ2v) is 8.51. The molecule has 5 saturated carbocycles. The summed E-state index contributed by atoms with van der Waals surface area (Å²) in [6.45, 7) is 5.05. The molecule has 0 N–H and O–H groups in total. The van der Waals surface area contributed by atoms with Gasteiger partial charge in [-0.1, -0.05) is 26.7 Å². The van der Waals surface area contributed by atoms with Crippen LogP contribution in [0.4, 0.5) is 0 Å². The first-order chi connectivity index (χ1) is 8.81. The van der Waals surface area contributed by atoms with Crippen molar-refractivity contribution in [2.75, 3.05) is 0 Å². The van der Waals surface area contributed by atoms with Crippen LogP contribution in [0.5, 0.6) is 0 Å². The van der Waals surface area contributed by atoms with Crippen LogP contribution in [-0.4, -0.2) is 0 Å². The standard InChI is InChI=1S/C18H28/c1-3-10-7-9(2)15-13-8-14(16(10)15)18-12-6-4-5-11(12)17(13)18/h9-18H,3-8H2,1-2H3. The highest BCUT2D eigenvalue weighted by Crippen LogP contribution is 2.76. The molecule has 5 fully saturated rings. The van der Waals surface area contributed by atoms with Crippen LogP contribution in [0, 0.1) is 59.2 Å². The average Bonchev–Trinajstić information content (AvgIpc) is 3.03. The van der Waals surface area contributed by atoms with Crippen molar-refractivity contribution in [3.05, 3.63) is 0 Å². The van der Waals surface area contributed by atoms with Crippen molar-refractivity contribution >= 4 is 0 Å². The lowest BCUT2D eigenvalue weighted by atomic mass is 9.49. The van der Waals surface area contributed by atoms with Gasteiger partial charge in [-0.3, -0.25) is 0 Å². The summed E-state index contributed by atoms with van der Waals surface area (Å²) in [5.74, 6) is 11.8. The maximum Gasteiger partial charge on any atom is -0.0318 e. The van der Waals surface area contributed by atoms with Gasteiger partial charge in [-0.25, -0.2) is 0 Å². The average molecular weight is 244 g/mol. The quantitative estimate of drug-likeness (QED) is 0.591. The van der Waals surface area contributed by atoms with Crippen molar-refractivity contribution in [1.82, 2.24) is 0 Å². The number of hydrogen-bond acceptors (Lipinski definition) is 0. The van der Waals surface area contributed by atoms with E-state index in [0.29, 0.717) is 0 Å². The minimum atomic E-state index is 1.07. The largest absolute Gasteiger partial charge is 0.0651 e. The molecule has 10 atom stereocenters. The van der Waals surface area contributed by atoms with Gasteiger partial charge in [0.1, 0.15) is 0 Å². The van der Waals surface area contributed by atoms with E-state index in [-0.39, 0.29) is 0 Å². The second-order valence-electron chi connectivity index (χ2n) is 8.51. The number of rotatable bonds is 1. The summed E-state index contributed by atoms with van der Waals surface area (Å²) in [6.07, 6.45) is 9.51. The van der Waals surface area contributed by atoms with E-state index in [1.54, 1.807) is 32.1 Å². The molecule has 18 heavy (non-hydrogen) atoms. The molecule has 2 bridgehead atoms. The van der Waals surface area contributed by atoms with Gasteiger partial charge in [-0.2, -0.15) is 0 Å². The Morgan fingerprint density at radius 3 is 2.11 bits per heavy atom. The highest BCUT2D eigenvalue weighted by Gasteiger charge is 2.70. The van der Waals surface area contributed by atoms with Crippen LogP contribution in [0.1, 0.15) is 52.4 Å². The molecule has 100 valence electrons. The van der Waals surface area contributed by atoms with Gasteiger partial charge in [0.25, 0.3) is 0 Å². The van der Waals surface area contributed by atoms with Gasteiger partial charge in [0.15, 0.2) is 0 Å². The molecule has 5 rings (SSSR count). The zero-order valence-electron chi connectivity index (χ0n) is 12.0. The second kappa shape index (κ2) is 3.36. The predicted octanol–water partition coefficient (Wildman–Crippen LogP) is 4.60. The molecule has 0 nitrogen and oxygen atoms in total. The molecule has 0 spiro atoms. The molecule has 5 aliphatic rings. The predicted molar refractivity (Wildman–Crippen MR) is 74.0 cm³/mol. The van der Waals surface area contributed by atoms with E-state index in [4.69, 9.17) is 0 Å². The Morgan fingerprint density at radius 2 is 1.44 bits per heavy atom. The summed E-state index contributed by atoms with van der Waals surface area (Å²) < 4.78 is 0. The van der Waals surface area contributed by atoms with Crippen molar-refractivity contribution in [2.45, 2.75) is 52.4 Å². The van der Waals surface area contributed by atoms with Crippen molar-refractivity contribution < 1.29 is 0 Å². The Kier molecular flexibility index (Phi) is 2.01. The summed E-state index contributed by atoms with van der Waals surface area (Å²) in [7, 11) is 0. The lowest BCUT2D eigenvalue weighted by molar-refractivity contribution is -0.0863. The van der Waals surface area contributed by atoms with Crippen LogP contribution >= 0.6 is 0 Å². The first-order valence-corrected chi connectivity index (χ1v) is 8.81. The van der Waals surface area contributed by atoms with Crippen LogP contribution in [0.3, 0.4) is 0 Å². The number of hydrogen-bond donors (Lipinski definition) is 0. The van der Waals surface area contributed by atoms with Gasteiger partial charge in [-0.05, 0) is 84.9 Å². The van der Waals surface area contributed by atoms with Crippen molar-refractivity contribution in [1.29, 1.82) is 0 Å². The van der Waals surface area contributed by atoms with E-state index in [1.165, 1.54) is 53.8 Å². The van der Waals surface area contributed by atoms with E-state index in [2.05, 4.69) is 13.8 Å². The summed E-state index contributed by atoms with van der Waals surface area (Å²) in [6, 6.07) is 0. The molecular weight excluding hydrogens is 216 g/mol. The Morgan fingerprint density at radius 1 is 0.778 bits per heavy atom. The molecule has 0 aliphatic heterocycles. The first kappa shape index (κ1) is 10.7. The Bertz CT molecular complexity index is 372. The summed E-state index contributed by atoms with van der Waals surface area (Å²) >= 11 is 0. The molecule has 0 heteroatoms. The highest BCUT2D eigenvalue weighted by molar-refractivity contribution is 5.18. The van der Waals surface area contributed by atoms with E-state index >= 15 is 0 Å². The summed E-state index contributed by atoms with van der Waals surface area (Å²) in [5.41, 5.74) is 0. The van der Waals surface area contributed by atoms with Gasteiger partial charge in [0.05, 0.1) is 0 Å². The molecule has 0 amide bonds. The molecule has 0 saturated heterocycles. The van der Waals surface area contributed by atoms with Crippen molar-refractivity contribution in [3.63, 3.8) is 0 Å². The fraction of sp³-hybridized carbons (Fsp3) is 1.00. The van der Waals surface area contributed by atoms with Gasteiger partial charge in [0.2, 0.25) is 0 Å². The normalized spacial score (nSPS) is 67.7. The van der Waals surface area contributed by atoms with Crippen LogP contribution in [0.15, 0.2) is 0 Å². The third kappa shape index (κ3) is 1.00. The molecule has 0 aromatic rings. The summed E-state index contributed by atoms with van der Waals surface area (Å²) in [4.78, 5) is 0. The van der Waals surface area contributed by atoms with Crippen LogP contribution in [-0.2, 0) is 0 Å². The summed E-state index contributed by atoms with van der Waals surface area (Å²) in [5, 5.41) is 0. The zero-order chi connectivity index (χ0) is 12.0. The van der Waals surface area contributed by atoms with Gasteiger partial charge in [-0.15, -0.1) is 0 Å². The van der Waals surface area contributed by atoms with Crippen LogP contribution in [0.2, 0.25) is 0 Å². The maximum atomic E-state index is 2.59. The lowest BCUT2D eigenvalue weighted by Crippen LogP contribution is -2.52. The molecule has 5 aliphatic carbocycles. The zero-order valence-corrected chi connectivity index (χ0v) is 12.0. The molecule has 0 aromatic heterocycles. The SMILES string of the molecule is CCC1CC(C)C2C3CC(C12)C1C2CCCC2C31. The van der Waals surface area contributed by atoms with E-state index in [1.807, 2.05) is 0 Å². The Balaban J connectivity index is 1.51. The molecule has 0 radical (unpaired) electrons.